The van der Waals surface area contributed by atoms with Crippen LogP contribution >= 0.6 is 0 Å². The van der Waals surface area contributed by atoms with Gasteiger partial charge in [-0.15, -0.1) is 0 Å². The van der Waals surface area contributed by atoms with E-state index >= 15 is 0 Å². The maximum absolute atomic E-state index is 10.5. The van der Waals surface area contributed by atoms with Crippen molar-refractivity contribution in [1.82, 2.24) is 5.32 Å². The summed E-state index contributed by atoms with van der Waals surface area (Å²) >= 11 is 0. The van der Waals surface area contributed by atoms with E-state index in [4.69, 9.17) is 5.11 Å². The lowest BCUT2D eigenvalue weighted by atomic mass is 9.93. The van der Waals surface area contributed by atoms with Crippen molar-refractivity contribution in [1.29, 1.82) is 0 Å². The Bertz CT molecular complexity index is 145. The third-order valence-corrected chi connectivity index (χ3v) is 1.70. The number of amides is 1. The van der Waals surface area contributed by atoms with Crippen molar-refractivity contribution in [3.05, 3.63) is 0 Å². The van der Waals surface area contributed by atoms with E-state index in [1.807, 2.05) is 0 Å². The molecule has 0 aromatic rings. The molecule has 10 heavy (non-hydrogen) atoms. The quantitative estimate of drug-likeness (QED) is 0.530. The number of aliphatic hydroxyl groups excluding tert-OH is 1. The van der Waals surface area contributed by atoms with Gasteiger partial charge in [-0.3, -0.25) is 4.79 Å². The molecule has 1 aliphatic rings. The van der Waals surface area contributed by atoms with Crippen LogP contribution in [-0.2, 0) is 4.79 Å². The molecule has 0 spiro atoms. The van der Waals surface area contributed by atoms with E-state index in [9.17, 15) is 4.79 Å². The lowest BCUT2D eigenvalue weighted by Gasteiger charge is -2.33. The summed E-state index contributed by atoms with van der Waals surface area (Å²) in [7, 11) is 0. The van der Waals surface area contributed by atoms with Gasteiger partial charge in [0.2, 0.25) is 0 Å². The highest BCUT2D eigenvalue weighted by Gasteiger charge is 2.37. The molecular weight excluding hydrogens is 130 g/mol. The van der Waals surface area contributed by atoms with E-state index < -0.39 is 6.10 Å². The van der Waals surface area contributed by atoms with E-state index in [1.54, 1.807) is 0 Å². The minimum atomic E-state index is -0.748. The standard InChI is InChI=1S/C7H13NO2/c1-4(2)3-5-6(9)7(10)8-5/h4-6,9H,3H2,1-2H3,(H,8,10)/t5-,6+/m0/s1. The molecule has 1 aliphatic heterocycles. The van der Waals surface area contributed by atoms with Gasteiger partial charge in [-0.1, -0.05) is 13.8 Å². The smallest absolute Gasteiger partial charge is 0.251 e. The van der Waals surface area contributed by atoms with Crippen LogP contribution in [0.5, 0.6) is 0 Å². The summed E-state index contributed by atoms with van der Waals surface area (Å²) in [5, 5.41) is 11.6. The van der Waals surface area contributed by atoms with Crippen molar-refractivity contribution < 1.29 is 9.90 Å². The van der Waals surface area contributed by atoms with Crippen LogP contribution in [-0.4, -0.2) is 23.2 Å². The van der Waals surface area contributed by atoms with Gasteiger partial charge in [0, 0.05) is 0 Å². The highest BCUT2D eigenvalue weighted by atomic mass is 16.3. The van der Waals surface area contributed by atoms with Crippen molar-refractivity contribution in [3.8, 4) is 0 Å². The molecule has 0 aliphatic carbocycles. The van der Waals surface area contributed by atoms with E-state index in [1.165, 1.54) is 0 Å². The first kappa shape index (κ1) is 7.54. The van der Waals surface area contributed by atoms with Crippen molar-refractivity contribution >= 4 is 5.91 Å². The molecule has 0 saturated carbocycles. The van der Waals surface area contributed by atoms with Crippen molar-refractivity contribution in [2.24, 2.45) is 5.92 Å². The van der Waals surface area contributed by atoms with Gasteiger partial charge < -0.3 is 10.4 Å². The summed E-state index contributed by atoms with van der Waals surface area (Å²) in [4.78, 5) is 10.5. The Hall–Kier alpha value is -0.570. The maximum Gasteiger partial charge on any atom is 0.251 e. The molecule has 0 aromatic heterocycles. The molecule has 1 heterocycles. The van der Waals surface area contributed by atoms with E-state index in [2.05, 4.69) is 19.2 Å². The minimum Gasteiger partial charge on any atom is -0.381 e. The first-order valence-corrected chi connectivity index (χ1v) is 3.59. The zero-order valence-electron chi connectivity index (χ0n) is 6.29. The number of nitrogens with one attached hydrogen (secondary N) is 1. The second-order valence-electron chi connectivity index (χ2n) is 3.19. The average molecular weight is 143 g/mol. The number of rotatable bonds is 2. The van der Waals surface area contributed by atoms with Crippen molar-refractivity contribution in [3.63, 3.8) is 0 Å². The molecule has 2 N–H and O–H groups in total. The van der Waals surface area contributed by atoms with Crippen LogP contribution in [0, 0.1) is 5.92 Å². The second kappa shape index (κ2) is 2.58. The first-order valence-electron chi connectivity index (χ1n) is 3.59. The van der Waals surface area contributed by atoms with Gasteiger partial charge in [-0.05, 0) is 12.3 Å². The Balaban J connectivity index is 2.27. The summed E-state index contributed by atoms with van der Waals surface area (Å²) in [5.41, 5.74) is 0. The van der Waals surface area contributed by atoms with Crippen LogP contribution in [0.1, 0.15) is 20.3 Å². The lowest BCUT2D eigenvalue weighted by Crippen LogP contribution is -2.62. The zero-order valence-corrected chi connectivity index (χ0v) is 6.29. The minimum absolute atomic E-state index is 0.00694. The summed E-state index contributed by atoms with van der Waals surface area (Å²) in [6.07, 6.45) is 0.120. The molecule has 0 unspecified atom stereocenters. The molecule has 58 valence electrons. The van der Waals surface area contributed by atoms with Crippen LogP contribution in [0.15, 0.2) is 0 Å². The third kappa shape index (κ3) is 1.29. The van der Waals surface area contributed by atoms with Crippen LogP contribution in [0.4, 0.5) is 0 Å². The fraction of sp³-hybridized carbons (Fsp3) is 0.857. The molecule has 0 bridgehead atoms. The van der Waals surface area contributed by atoms with Gasteiger partial charge in [-0.25, -0.2) is 0 Å². The Morgan fingerprint density at radius 3 is 2.60 bits per heavy atom. The summed E-state index contributed by atoms with van der Waals surface area (Å²) in [6.45, 7) is 4.13. The highest BCUT2D eigenvalue weighted by molar-refractivity contribution is 5.87. The van der Waals surface area contributed by atoms with E-state index in [0.29, 0.717) is 5.92 Å². The first-order chi connectivity index (χ1) is 4.61. The monoisotopic (exact) mass is 143 g/mol. The zero-order chi connectivity index (χ0) is 7.72. The molecule has 3 nitrogen and oxygen atoms in total. The number of hydrogen-bond donors (Lipinski definition) is 2. The fourth-order valence-corrected chi connectivity index (χ4v) is 1.13. The number of carbonyl (C=O) groups is 1. The Morgan fingerprint density at radius 1 is 1.70 bits per heavy atom. The summed E-state index contributed by atoms with van der Waals surface area (Å²) in [5.74, 6) is 0.297. The lowest BCUT2D eigenvalue weighted by molar-refractivity contribution is -0.142. The van der Waals surface area contributed by atoms with Crippen LogP contribution in [0.3, 0.4) is 0 Å². The Labute approximate surface area is 60.4 Å². The molecule has 0 radical (unpaired) electrons. The van der Waals surface area contributed by atoms with Gasteiger partial charge in [0.15, 0.2) is 6.10 Å². The maximum atomic E-state index is 10.5. The van der Waals surface area contributed by atoms with E-state index in [-0.39, 0.29) is 11.9 Å². The summed E-state index contributed by atoms with van der Waals surface area (Å²) < 4.78 is 0. The van der Waals surface area contributed by atoms with Gasteiger partial charge in [-0.2, -0.15) is 0 Å². The fourth-order valence-electron chi connectivity index (χ4n) is 1.13. The molecule has 1 rings (SSSR count). The number of aliphatic hydroxyl groups is 1. The van der Waals surface area contributed by atoms with Gasteiger partial charge in [0.25, 0.3) is 5.91 Å². The van der Waals surface area contributed by atoms with Crippen LogP contribution in [0.2, 0.25) is 0 Å². The van der Waals surface area contributed by atoms with Crippen molar-refractivity contribution in [2.75, 3.05) is 0 Å². The number of carbonyl (C=O) groups excluding carboxylic acids is 1. The molecular formula is C7H13NO2. The van der Waals surface area contributed by atoms with Crippen LogP contribution in [0.25, 0.3) is 0 Å². The largest absolute Gasteiger partial charge is 0.381 e. The second-order valence-corrected chi connectivity index (χ2v) is 3.19. The molecule has 1 saturated heterocycles. The molecule has 0 aromatic carbocycles. The molecule has 3 heteroatoms. The third-order valence-electron chi connectivity index (χ3n) is 1.70. The van der Waals surface area contributed by atoms with Crippen molar-refractivity contribution in [2.45, 2.75) is 32.4 Å². The number of β-lactam (4-membered cyclic amide) rings is 1. The SMILES string of the molecule is CC(C)C[C@@H]1NC(=O)[C@@H]1O. The predicted molar refractivity (Wildman–Crippen MR) is 37.4 cm³/mol. The average Bonchev–Trinajstić information content (AvgIpc) is 1.86. The normalized spacial score (nSPS) is 31.8. The molecule has 2 atom stereocenters. The van der Waals surface area contributed by atoms with Gasteiger partial charge in [0.05, 0.1) is 6.04 Å². The molecule has 1 fully saturated rings. The van der Waals surface area contributed by atoms with E-state index in [0.717, 1.165) is 6.42 Å². The highest BCUT2D eigenvalue weighted by Crippen LogP contribution is 2.14. The van der Waals surface area contributed by atoms with Crippen LogP contribution < -0.4 is 5.32 Å². The molecule has 1 amide bonds. The van der Waals surface area contributed by atoms with Gasteiger partial charge >= 0.3 is 0 Å². The van der Waals surface area contributed by atoms with Gasteiger partial charge in [0.1, 0.15) is 0 Å². The Kier molecular flexibility index (Phi) is 1.94. The summed E-state index contributed by atoms with van der Waals surface area (Å²) in [6, 6.07) is 0.00694. The Morgan fingerprint density at radius 2 is 2.30 bits per heavy atom. The predicted octanol–water partition coefficient (Wildman–Crippen LogP) is -0.108. The topological polar surface area (TPSA) is 49.3 Å². The number of hydrogen-bond acceptors (Lipinski definition) is 2.